The Morgan fingerprint density at radius 1 is 0.630 bits per heavy atom. The highest BCUT2D eigenvalue weighted by molar-refractivity contribution is 7.69. The molecule has 0 radical (unpaired) electrons. The minimum atomic E-state index is -6.08. The summed E-state index contributed by atoms with van der Waals surface area (Å²) in [6.45, 7) is 0. The van der Waals surface area contributed by atoms with Crippen molar-refractivity contribution in [2.75, 3.05) is 0 Å². The fourth-order valence-electron chi connectivity index (χ4n) is 1.25. The van der Waals surface area contributed by atoms with E-state index in [-0.39, 0.29) is 6.07 Å². The molecule has 0 amide bonds. The third-order valence-electron chi connectivity index (χ3n) is 2.03. The van der Waals surface area contributed by atoms with Crippen molar-refractivity contribution in [1.82, 2.24) is 0 Å². The van der Waals surface area contributed by atoms with Gasteiger partial charge in [-0.05, 0) is 0 Å². The Morgan fingerprint density at radius 3 is 1.56 bits per heavy atom. The summed E-state index contributed by atoms with van der Waals surface area (Å²) in [5.41, 5.74) is 0. The Hall–Kier alpha value is -1.18. The van der Waals surface area contributed by atoms with Crippen molar-refractivity contribution in [2.24, 2.45) is 0 Å². The Balaban J connectivity index is 3.03. The van der Waals surface area contributed by atoms with Crippen LogP contribution in [0.15, 0.2) is 6.07 Å². The van der Waals surface area contributed by atoms with Gasteiger partial charge < -0.3 is 44.5 Å². The Kier molecular flexibility index (Phi) is 6.79. The minimum absolute atomic E-state index is 0.258. The first-order valence-corrected chi connectivity index (χ1v) is 11.7. The zero-order valence-corrected chi connectivity index (χ0v) is 15.7. The summed E-state index contributed by atoms with van der Waals surface area (Å²) in [5.74, 6) is -6.58. The standard InChI is InChI=1S/C6H10O17P4/c7-2-1-3(5(9)6(10)4(2)8)20-25(14,15)22-27(18,19)23-26(16,17)21-24(11,12)13/h1,7-10H,(H,14,15)(H,16,17)(H,18,19)(H2,11,12,13). The van der Waals surface area contributed by atoms with Gasteiger partial charge in [-0.3, -0.25) is 4.89 Å². The van der Waals surface area contributed by atoms with Gasteiger partial charge in [0.25, 0.3) is 0 Å². The monoisotopic (exact) mass is 478 g/mol. The molecule has 0 bridgehead atoms. The fraction of sp³-hybridized carbons (Fsp3) is 0. The number of hydrogen-bond acceptors (Lipinski definition) is 12. The third kappa shape index (κ3) is 7.39. The molecule has 9 N–H and O–H groups in total. The quantitative estimate of drug-likeness (QED) is 0.138. The van der Waals surface area contributed by atoms with E-state index >= 15 is 0 Å². The van der Waals surface area contributed by atoms with Gasteiger partial charge in [0.05, 0.1) is 0 Å². The molecule has 3 unspecified atom stereocenters. The number of phenolic OH excluding ortho intramolecular Hbond substituents is 4. The number of aromatic hydroxyl groups is 4. The molecule has 0 saturated carbocycles. The predicted octanol–water partition coefficient (Wildman–Crippen LogP) is 0.331. The van der Waals surface area contributed by atoms with Crippen LogP contribution in [0.2, 0.25) is 0 Å². The van der Waals surface area contributed by atoms with Gasteiger partial charge >= 0.3 is 31.3 Å². The molecule has 0 aliphatic rings. The number of phenols is 4. The van der Waals surface area contributed by atoms with Crippen LogP contribution in [-0.4, -0.2) is 44.9 Å². The van der Waals surface area contributed by atoms with E-state index in [0.717, 1.165) is 0 Å². The third-order valence-corrected chi connectivity index (χ3v) is 7.43. The maximum absolute atomic E-state index is 11.6. The first kappa shape index (κ1) is 23.9. The fourth-order valence-corrected chi connectivity index (χ4v) is 5.70. The Morgan fingerprint density at radius 2 is 1.07 bits per heavy atom. The molecule has 1 aromatic carbocycles. The number of rotatable bonds is 8. The molecule has 0 aromatic heterocycles. The lowest BCUT2D eigenvalue weighted by molar-refractivity contribution is 0.194. The topological polar surface area (TPSA) is 287 Å². The summed E-state index contributed by atoms with van der Waals surface area (Å²) in [7, 11) is -23.6. The van der Waals surface area contributed by atoms with Crippen molar-refractivity contribution in [3.8, 4) is 28.7 Å². The van der Waals surface area contributed by atoms with Crippen molar-refractivity contribution in [1.29, 1.82) is 0 Å². The van der Waals surface area contributed by atoms with Crippen molar-refractivity contribution in [2.45, 2.75) is 0 Å². The second-order valence-electron chi connectivity index (χ2n) is 4.17. The Bertz CT molecular complexity index is 914. The highest BCUT2D eigenvalue weighted by Crippen LogP contribution is 2.70. The van der Waals surface area contributed by atoms with Crippen molar-refractivity contribution in [3.63, 3.8) is 0 Å². The number of hydrogen-bond donors (Lipinski definition) is 9. The second kappa shape index (κ2) is 7.68. The van der Waals surface area contributed by atoms with Crippen LogP contribution in [0.3, 0.4) is 0 Å². The van der Waals surface area contributed by atoms with E-state index in [1.165, 1.54) is 0 Å². The normalized spacial score (nSPS) is 18.9. The lowest BCUT2D eigenvalue weighted by Gasteiger charge is -2.19. The van der Waals surface area contributed by atoms with Gasteiger partial charge in [-0.1, -0.05) is 0 Å². The zero-order chi connectivity index (χ0) is 21.4. The highest BCUT2D eigenvalue weighted by atomic mass is 31.3. The molecule has 3 atom stereocenters. The summed E-state index contributed by atoms with van der Waals surface area (Å²) in [6.07, 6.45) is 0. The molecule has 0 heterocycles. The van der Waals surface area contributed by atoms with Crippen LogP contribution in [0, 0.1) is 0 Å². The SMILES string of the molecule is O=P(O)(O)OP(=O)(O)OP(=O)(O)OP(=O)(O)Oc1cc(O)c(O)c(O)c1O. The van der Waals surface area contributed by atoms with Crippen LogP contribution >= 0.6 is 31.3 Å². The van der Waals surface area contributed by atoms with Crippen LogP contribution in [0.4, 0.5) is 0 Å². The molecular weight excluding hydrogens is 468 g/mol. The molecule has 0 fully saturated rings. The summed E-state index contributed by atoms with van der Waals surface area (Å²) in [5, 5.41) is 36.9. The lowest BCUT2D eigenvalue weighted by Crippen LogP contribution is -2.00. The van der Waals surface area contributed by atoms with Gasteiger partial charge in [-0.25, -0.2) is 18.3 Å². The van der Waals surface area contributed by atoms with Crippen LogP contribution in [0.1, 0.15) is 0 Å². The van der Waals surface area contributed by atoms with E-state index < -0.39 is 60.0 Å². The average Bonchev–Trinajstić information content (AvgIpc) is 2.36. The molecule has 156 valence electrons. The largest absolute Gasteiger partial charge is 0.536 e. The van der Waals surface area contributed by atoms with E-state index in [1.54, 1.807) is 0 Å². The van der Waals surface area contributed by atoms with E-state index in [2.05, 4.69) is 17.5 Å². The average molecular weight is 478 g/mol. The van der Waals surface area contributed by atoms with Gasteiger partial charge in [0.1, 0.15) is 0 Å². The van der Waals surface area contributed by atoms with Crippen molar-refractivity contribution >= 4 is 31.3 Å². The van der Waals surface area contributed by atoms with E-state index in [0.29, 0.717) is 0 Å². The first-order valence-electron chi connectivity index (χ1n) is 5.68. The maximum Gasteiger partial charge on any atom is 0.536 e. The van der Waals surface area contributed by atoms with Crippen LogP contribution in [0.25, 0.3) is 0 Å². The zero-order valence-electron chi connectivity index (χ0n) is 12.2. The lowest BCUT2D eigenvalue weighted by atomic mass is 10.2. The van der Waals surface area contributed by atoms with Gasteiger partial charge in [-0.2, -0.15) is 12.9 Å². The summed E-state index contributed by atoms with van der Waals surface area (Å²) >= 11 is 0. The van der Waals surface area contributed by atoms with Gasteiger partial charge in [-0.15, -0.1) is 0 Å². The molecule has 0 spiro atoms. The van der Waals surface area contributed by atoms with Crippen LogP contribution in [0.5, 0.6) is 28.7 Å². The molecule has 1 rings (SSSR count). The molecule has 17 nitrogen and oxygen atoms in total. The van der Waals surface area contributed by atoms with Gasteiger partial charge in [0, 0.05) is 6.07 Å². The second-order valence-corrected chi connectivity index (χ2v) is 10.1. The van der Waals surface area contributed by atoms with Gasteiger partial charge in [0.2, 0.25) is 17.2 Å². The highest BCUT2D eigenvalue weighted by Gasteiger charge is 2.45. The first-order chi connectivity index (χ1) is 11.8. The summed E-state index contributed by atoms with van der Waals surface area (Å²) in [4.78, 5) is 43.9. The predicted molar refractivity (Wildman–Crippen MR) is 78.5 cm³/mol. The van der Waals surface area contributed by atoms with E-state index in [9.17, 15) is 38.5 Å². The molecule has 1 aromatic rings. The van der Waals surface area contributed by atoms with Crippen LogP contribution in [-0.2, 0) is 31.2 Å². The number of phosphoric acid groups is 4. The molecular formula is C6H10O17P4. The Labute approximate surface area is 147 Å². The van der Waals surface area contributed by atoms with Gasteiger partial charge in [0.15, 0.2) is 11.5 Å². The maximum atomic E-state index is 11.6. The number of phosphoric ester groups is 1. The minimum Gasteiger partial charge on any atom is -0.504 e. The summed E-state index contributed by atoms with van der Waals surface area (Å²) < 4.78 is 58.6. The molecule has 27 heavy (non-hydrogen) atoms. The smallest absolute Gasteiger partial charge is 0.504 e. The summed E-state index contributed by atoms with van der Waals surface area (Å²) in [6, 6.07) is 0.258. The van der Waals surface area contributed by atoms with E-state index in [1.807, 2.05) is 0 Å². The molecule has 0 aliphatic carbocycles. The number of benzene rings is 1. The van der Waals surface area contributed by atoms with Crippen molar-refractivity contribution < 1.29 is 80.6 Å². The van der Waals surface area contributed by atoms with E-state index in [4.69, 9.17) is 24.7 Å². The van der Waals surface area contributed by atoms with Crippen molar-refractivity contribution in [3.05, 3.63) is 6.07 Å². The molecule has 0 saturated heterocycles. The molecule has 21 heteroatoms. The molecule has 0 aliphatic heterocycles. The van der Waals surface area contributed by atoms with Crippen LogP contribution < -0.4 is 4.52 Å².